The largest absolute Gasteiger partial charge is 0.444 e. The Labute approximate surface area is 393 Å². The van der Waals surface area contributed by atoms with Gasteiger partial charge < -0.3 is 34.2 Å². The van der Waals surface area contributed by atoms with E-state index in [1.165, 1.54) is 15.4 Å². The number of halogens is 4. The van der Waals surface area contributed by atoms with Crippen LogP contribution in [0.1, 0.15) is 73.4 Å². The normalized spacial score (nSPS) is 27.1. The predicted molar refractivity (Wildman–Crippen MR) is 246 cm³/mol. The van der Waals surface area contributed by atoms with E-state index in [2.05, 4.69) is 27.2 Å². The summed E-state index contributed by atoms with van der Waals surface area (Å²) in [5.74, 6) is -8.63. The quantitative estimate of drug-likeness (QED) is 0.239. The maximum atomic E-state index is 14.6. The summed E-state index contributed by atoms with van der Waals surface area (Å²) in [4.78, 5) is 57.9. The van der Waals surface area contributed by atoms with Gasteiger partial charge in [-0.05, 0) is 73.4 Å². The van der Waals surface area contributed by atoms with Crippen LogP contribution in [0.5, 0.6) is 0 Å². The number of ketones is 1. The molecule has 6 fully saturated rings. The smallest absolute Gasteiger partial charge is 0.410 e. The maximum absolute atomic E-state index is 14.6. The Balaban J connectivity index is 0.000000168. The molecule has 6 heterocycles. The molecule has 0 spiro atoms. The predicted octanol–water partition coefficient (Wildman–Crippen LogP) is 7.88. The molecule has 6 unspecified atom stereocenters. The molecule has 0 radical (unpaired) electrons. The summed E-state index contributed by atoms with van der Waals surface area (Å²) in [5, 5.41) is 2.99. The van der Waals surface area contributed by atoms with Crippen molar-refractivity contribution in [3.63, 3.8) is 0 Å². The third-order valence-corrected chi connectivity index (χ3v) is 12.8. The first-order valence-electron chi connectivity index (χ1n) is 23.6. The molecule has 13 nitrogen and oxygen atoms in total. The van der Waals surface area contributed by atoms with E-state index in [9.17, 15) is 36.7 Å². The first-order chi connectivity index (χ1) is 31.2. The average Bonchev–Trinajstić information content (AvgIpc) is 3.17. The number of carbonyl (C=O) groups is 4. The summed E-state index contributed by atoms with van der Waals surface area (Å²) >= 11 is 0. The number of nitrogens with zero attached hydrogens (tertiary/aromatic N) is 5. The fourth-order valence-electron chi connectivity index (χ4n) is 9.74. The molecule has 17 heteroatoms. The Hall–Kier alpha value is -4.48. The summed E-state index contributed by atoms with van der Waals surface area (Å²) in [6, 6.07) is 20.2. The number of rotatable bonds is 4. The molecule has 6 saturated heterocycles. The second-order valence-electron chi connectivity index (χ2n) is 22.1. The van der Waals surface area contributed by atoms with E-state index < -0.39 is 64.5 Å². The molecule has 8 rings (SSSR count). The van der Waals surface area contributed by atoms with Crippen LogP contribution in [0.3, 0.4) is 0 Å². The summed E-state index contributed by atoms with van der Waals surface area (Å²) in [6.07, 6.45) is -1.29. The number of amides is 3. The number of fused-ring (bicyclic) bond motifs is 6. The molecule has 6 aliphatic rings. The molecular formula is C50H72F4N6O7. The Kier molecular flexibility index (Phi) is 16.0. The highest BCUT2D eigenvalue weighted by Crippen LogP contribution is 2.43. The second kappa shape index (κ2) is 20.6. The van der Waals surface area contributed by atoms with Crippen molar-refractivity contribution < 1.29 is 51.0 Å². The van der Waals surface area contributed by atoms with Gasteiger partial charge in [-0.15, -0.1) is 0 Å². The van der Waals surface area contributed by atoms with Gasteiger partial charge in [0.05, 0.1) is 23.7 Å². The molecule has 2 aromatic carbocycles. The zero-order chi connectivity index (χ0) is 49.1. The van der Waals surface area contributed by atoms with Crippen LogP contribution >= 0.6 is 0 Å². The fourth-order valence-corrected chi connectivity index (χ4v) is 9.74. The first kappa shape index (κ1) is 51.9. The van der Waals surface area contributed by atoms with Crippen molar-refractivity contribution in [3.05, 3.63) is 71.8 Å². The van der Waals surface area contributed by atoms with Crippen LogP contribution in [0.25, 0.3) is 0 Å². The highest BCUT2D eigenvalue weighted by atomic mass is 19.3. The number of hydrogen-bond acceptors (Lipinski definition) is 10. The molecule has 0 aromatic heterocycles. The monoisotopic (exact) mass is 945 g/mol. The topological polar surface area (TPSA) is 124 Å². The number of likely N-dealkylation sites (tertiary alicyclic amines) is 5. The number of hydrogen-bond donors (Lipinski definition) is 1. The molecular weight excluding hydrogens is 873 g/mol. The molecule has 0 saturated carbocycles. The van der Waals surface area contributed by atoms with Crippen LogP contribution in [0.15, 0.2) is 60.7 Å². The van der Waals surface area contributed by atoms with Gasteiger partial charge in [-0.25, -0.2) is 31.9 Å². The summed E-state index contributed by atoms with van der Waals surface area (Å²) < 4.78 is 73.0. The van der Waals surface area contributed by atoms with Gasteiger partial charge in [0.2, 0.25) is 0 Å². The van der Waals surface area contributed by atoms with Crippen LogP contribution in [-0.2, 0) is 32.1 Å². The van der Waals surface area contributed by atoms with Crippen molar-refractivity contribution in [3.8, 4) is 0 Å². The van der Waals surface area contributed by atoms with Gasteiger partial charge in [0, 0.05) is 103 Å². The van der Waals surface area contributed by atoms with Gasteiger partial charge in [0.1, 0.15) is 22.6 Å². The number of ether oxygens (including phenoxy) is 3. The first-order valence-corrected chi connectivity index (χ1v) is 23.6. The number of carbonyl (C=O) groups excluding carboxylic acids is 4. The van der Waals surface area contributed by atoms with Gasteiger partial charge >= 0.3 is 18.3 Å². The summed E-state index contributed by atoms with van der Waals surface area (Å²) in [6.45, 7) is 21.4. The minimum Gasteiger partial charge on any atom is -0.444 e. The van der Waals surface area contributed by atoms with Crippen molar-refractivity contribution >= 4 is 24.1 Å². The highest BCUT2D eigenvalue weighted by Gasteiger charge is 2.57. The van der Waals surface area contributed by atoms with Gasteiger partial charge in [0.15, 0.2) is 0 Å². The van der Waals surface area contributed by atoms with E-state index in [0.29, 0.717) is 38.5 Å². The van der Waals surface area contributed by atoms with Gasteiger partial charge in [0.25, 0.3) is 11.8 Å². The molecule has 0 aliphatic carbocycles. The van der Waals surface area contributed by atoms with Crippen molar-refractivity contribution in [2.45, 2.75) is 104 Å². The van der Waals surface area contributed by atoms with E-state index in [4.69, 9.17) is 14.2 Å². The van der Waals surface area contributed by atoms with Gasteiger partial charge in [-0.2, -0.15) is 0 Å². The van der Waals surface area contributed by atoms with Crippen LogP contribution in [0.2, 0.25) is 0 Å². The lowest BCUT2D eigenvalue weighted by atomic mass is 9.80. The van der Waals surface area contributed by atoms with Crippen molar-refractivity contribution in [1.82, 2.24) is 29.8 Å². The minimum absolute atomic E-state index is 0.0453. The second-order valence-corrected chi connectivity index (χ2v) is 22.1. The van der Waals surface area contributed by atoms with Crippen molar-refractivity contribution in [2.75, 3.05) is 78.5 Å². The lowest BCUT2D eigenvalue weighted by molar-refractivity contribution is -0.185. The molecule has 6 aliphatic heterocycles. The third-order valence-electron chi connectivity index (χ3n) is 12.8. The minimum atomic E-state index is -2.73. The van der Waals surface area contributed by atoms with Crippen LogP contribution in [-0.4, -0.2) is 156 Å². The Morgan fingerprint density at radius 3 is 1.18 bits per heavy atom. The van der Waals surface area contributed by atoms with E-state index >= 15 is 0 Å². The van der Waals surface area contributed by atoms with E-state index in [0.717, 1.165) is 12.1 Å². The Bertz CT molecular complexity index is 1960. The number of alkyl halides is 4. The van der Waals surface area contributed by atoms with Crippen LogP contribution in [0.4, 0.5) is 31.9 Å². The number of piperidine rings is 6. The van der Waals surface area contributed by atoms with Gasteiger partial charge in [-0.3, -0.25) is 14.6 Å². The standard InChI is InChI=1S/C19H26F2N2O2.C19H26N2O3.C12H20F2N2O2/c1-18(2,3)25-17(24)23-12-15-10-22(9-14-7-5-4-6-8-14)11-16(13-23)19(15,20)21;1-19(2,3)24-18(23)21-12-15-10-20(11-16(13-21)17(15)22)9-14-7-5-4-6-8-14;1-11(2,3)18-10(17)16-6-8-4-15-5-9(7-16)12(8,13)14/h4-8,15-16H,9-13H2,1-3H3;4-8,15-16H,9-13H2,1-3H3;8-9,15H,4-7H2,1-3H3. The summed E-state index contributed by atoms with van der Waals surface area (Å²) in [7, 11) is 0. The van der Waals surface area contributed by atoms with Crippen LogP contribution in [0, 0.1) is 35.5 Å². The van der Waals surface area contributed by atoms with Crippen LogP contribution < -0.4 is 5.32 Å². The zero-order valence-electron chi connectivity index (χ0n) is 40.7. The van der Waals surface area contributed by atoms with E-state index in [1.807, 2.05) is 69.3 Å². The zero-order valence-corrected chi connectivity index (χ0v) is 40.7. The molecule has 372 valence electrons. The molecule has 1 N–H and O–H groups in total. The summed E-state index contributed by atoms with van der Waals surface area (Å²) in [5.41, 5.74) is 0.659. The Morgan fingerprint density at radius 1 is 0.507 bits per heavy atom. The Morgan fingerprint density at radius 2 is 0.821 bits per heavy atom. The number of nitrogens with one attached hydrogen (secondary N) is 1. The van der Waals surface area contributed by atoms with E-state index in [1.54, 1.807) is 46.4 Å². The van der Waals surface area contributed by atoms with Crippen molar-refractivity contribution in [2.24, 2.45) is 35.5 Å². The third kappa shape index (κ3) is 14.1. The van der Waals surface area contributed by atoms with Crippen molar-refractivity contribution in [1.29, 1.82) is 0 Å². The lowest BCUT2D eigenvalue weighted by Crippen LogP contribution is -2.64. The molecule has 2 aromatic rings. The highest BCUT2D eigenvalue weighted by molar-refractivity contribution is 5.87. The maximum Gasteiger partial charge on any atom is 0.410 e. The molecule has 67 heavy (non-hydrogen) atoms. The SMILES string of the molecule is CC(C)(C)OC(=O)N1CC2CN(Cc3ccccc3)CC(C1)C2(F)F.CC(C)(C)OC(=O)N1CC2CN(Cc3ccccc3)CC(C1)C2=O.CC(C)(C)OC(=O)N1CC2CNCC(C1)C2(F)F. The number of benzene rings is 2. The van der Waals surface area contributed by atoms with Gasteiger partial charge in [-0.1, -0.05) is 60.7 Å². The number of Topliss-reactive ketones (excluding diaryl/α,β-unsaturated/α-hetero) is 1. The molecule has 3 amide bonds. The fraction of sp³-hybridized carbons (Fsp3) is 0.680. The van der Waals surface area contributed by atoms with E-state index in [-0.39, 0.29) is 70.3 Å². The average molecular weight is 945 g/mol. The molecule has 6 bridgehead atoms. The lowest BCUT2D eigenvalue weighted by Gasteiger charge is -2.50. The molecule has 6 atom stereocenters.